The van der Waals surface area contributed by atoms with E-state index in [0.717, 1.165) is 50.3 Å². The highest BCUT2D eigenvalue weighted by atomic mass is 79.9. The van der Waals surface area contributed by atoms with Crippen LogP contribution >= 0.6 is 39.1 Å². The summed E-state index contributed by atoms with van der Waals surface area (Å²) in [6.45, 7) is 7.11. The predicted molar refractivity (Wildman–Crippen MR) is 160 cm³/mol. The van der Waals surface area contributed by atoms with Gasteiger partial charge in [-0.25, -0.2) is 9.37 Å². The SMILES string of the molecule is O=C(NCc1ccc(F)c(Cl)c1)c1cnc(N2CCN(C3CCN(Cc4ccc(Br)cc4)CC3)CC2)c(Cl)c1.[HH]. The van der Waals surface area contributed by atoms with E-state index in [2.05, 4.69) is 65.2 Å². The van der Waals surface area contributed by atoms with E-state index < -0.39 is 5.82 Å². The zero-order valence-electron chi connectivity index (χ0n) is 21.6. The fraction of sp³-hybridized carbons (Fsp3) is 0.379. The first kappa shape index (κ1) is 28.3. The van der Waals surface area contributed by atoms with Crippen LogP contribution in [0, 0.1) is 5.82 Å². The van der Waals surface area contributed by atoms with Gasteiger partial charge in [-0.15, -0.1) is 0 Å². The van der Waals surface area contributed by atoms with Gasteiger partial charge in [-0.2, -0.15) is 0 Å². The summed E-state index contributed by atoms with van der Waals surface area (Å²) in [6, 6.07) is 15.2. The van der Waals surface area contributed by atoms with Crippen molar-refractivity contribution in [1.82, 2.24) is 20.1 Å². The first-order valence-corrected chi connectivity index (χ1v) is 14.7. The van der Waals surface area contributed by atoms with Crippen LogP contribution in [0.3, 0.4) is 0 Å². The number of amides is 1. The zero-order chi connectivity index (χ0) is 27.4. The Morgan fingerprint density at radius 2 is 1.67 bits per heavy atom. The number of hydrogen-bond donors (Lipinski definition) is 1. The Kier molecular flexibility index (Phi) is 9.40. The number of aromatic nitrogens is 1. The van der Waals surface area contributed by atoms with Crippen molar-refractivity contribution in [2.45, 2.75) is 32.0 Å². The molecular formula is C29H33BrCl2FN5O. The van der Waals surface area contributed by atoms with Crippen LogP contribution in [0.1, 0.15) is 35.8 Å². The van der Waals surface area contributed by atoms with E-state index in [1.807, 2.05) is 0 Å². The van der Waals surface area contributed by atoms with Gasteiger partial charge < -0.3 is 10.2 Å². The van der Waals surface area contributed by atoms with E-state index >= 15 is 0 Å². The second-order valence-electron chi connectivity index (χ2n) is 10.1. The van der Waals surface area contributed by atoms with Gasteiger partial charge >= 0.3 is 0 Å². The van der Waals surface area contributed by atoms with Crippen molar-refractivity contribution < 1.29 is 10.6 Å². The maximum Gasteiger partial charge on any atom is 0.253 e. The fourth-order valence-corrected chi connectivity index (χ4v) is 6.06. The van der Waals surface area contributed by atoms with E-state index in [-0.39, 0.29) is 18.9 Å². The topological polar surface area (TPSA) is 51.7 Å². The molecule has 0 atom stereocenters. The standard InChI is InChI=1S/C29H31BrCl2FN5O.H2/c30-23-4-1-20(2-5-23)19-36-9-7-24(8-10-36)37-11-13-38(14-12-37)28-26(32)16-22(18-34-28)29(39)35-17-21-3-6-27(33)25(31)15-21;/h1-6,15-16,18,24H,7-14,17,19H2,(H,35,39);1H. The first-order valence-electron chi connectivity index (χ1n) is 13.2. The predicted octanol–water partition coefficient (Wildman–Crippen LogP) is 6.25. The van der Waals surface area contributed by atoms with E-state index in [0.29, 0.717) is 28.0 Å². The summed E-state index contributed by atoms with van der Waals surface area (Å²) < 4.78 is 14.5. The molecule has 2 saturated heterocycles. The van der Waals surface area contributed by atoms with Crippen molar-refractivity contribution in [2.24, 2.45) is 0 Å². The quantitative estimate of drug-likeness (QED) is 0.332. The maximum absolute atomic E-state index is 13.4. The van der Waals surface area contributed by atoms with Gasteiger partial charge in [-0.1, -0.05) is 57.3 Å². The van der Waals surface area contributed by atoms with E-state index in [1.54, 1.807) is 18.3 Å². The van der Waals surface area contributed by atoms with Crippen molar-refractivity contribution in [3.63, 3.8) is 0 Å². The lowest BCUT2D eigenvalue weighted by Crippen LogP contribution is -2.53. The molecule has 2 fully saturated rings. The lowest BCUT2D eigenvalue weighted by Gasteiger charge is -2.43. The molecule has 3 aromatic rings. The molecule has 0 spiro atoms. The smallest absolute Gasteiger partial charge is 0.253 e. The van der Waals surface area contributed by atoms with E-state index in [4.69, 9.17) is 23.2 Å². The van der Waals surface area contributed by atoms with Crippen LogP contribution < -0.4 is 10.2 Å². The van der Waals surface area contributed by atoms with Gasteiger partial charge in [0.15, 0.2) is 0 Å². The summed E-state index contributed by atoms with van der Waals surface area (Å²) in [6.07, 6.45) is 3.93. The number of pyridine rings is 1. The molecule has 0 bridgehead atoms. The molecule has 3 heterocycles. The van der Waals surface area contributed by atoms with E-state index in [9.17, 15) is 9.18 Å². The van der Waals surface area contributed by atoms with Gasteiger partial charge in [0, 0.05) is 57.4 Å². The molecule has 2 aliphatic heterocycles. The van der Waals surface area contributed by atoms with Crippen molar-refractivity contribution >= 4 is 50.9 Å². The number of likely N-dealkylation sites (tertiary alicyclic amines) is 1. The summed E-state index contributed by atoms with van der Waals surface area (Å²) in [5, 5.41) is 3.29. The molecule has 10 heteroatoms. The van der Waals surface area contributed by atoms with Crippen LogP contribution in [0.2, 0.25) is 10.0 Å². The second kappa shape index (κ2) is 13.0. The van der Waals surface area contributed by atoms with Gasteiger partial charge in [-0.3, -0.25) is 14.6 Å². The van der Waals surface area contributed by atoms with E-state index in [1.165, 1.54) is 30.5 Å². The Bertz CT molecular complexity index is 1300. The lowest BCUT2D eigenvalue weighted by molar-refractivity contribution is 0.0950. The molecule has 0 aliphatic carbocycles. The number of nitrogens with one attached hydrogen (secondary N) is 1. The van der Waals surface area contributed by atoms with Crippen LogP contribution in [0.4, 0.5) is 10.2 Å². The Balaban J connectivity index is 0.00000370. The number of benzene rings is 2. The second-order valence-corrected chi connectivity index (χ2v) is 11.8. The van der Waals surface area contributed by atoms with Gasteiger partial charge in [0.2, 0.25) is 0 Å². The molecule has 1 aromatic heterocycles. The molecule has 2 aliphatic rings. The zero-order valence-corrected chi connectivity index (χ0v) is 24.7. The van der Waals surface area contributed by atoms with Crippen molar-refractivity contribution in [2.75, 3.05) is 44.2 Å². The fourth-order valence-electron chi connectivity index (χ4n) is 5.31. The third-order valence-corrected chi connectivity index (χ3v) is 8.62. The molecule has 5 rings (SSSR count). The average molecular weight is 637 g/mol. The Morgan fingerprint density at radius 3 is 2.33 bits per heavy atom. The molecule has 208 valence electrons. The van der Waals surface area contributed by atoms with Gasteiger partial charge in [0.05, 0.1) is 15.6 Å². The van der Waals surface area contributed by atoms with Crippen LogP contribution in [0.5, 0.6) is 0 Å². The van der Waals surface area contributed by atoms with Gasteiger partial charge in [0.1, 0.15) is 11.6 Å². The first-order chi connectivity index (χ1) is 18.9. The minimum Gasteiger partial charge on any atom is -0.353 e. The molecule has 1 N–H and O–H groups in total. The summed E-state index contributed by atoms with van der Waals surface area (Å²) in [5.74, 6) is -0.0766. The van der Waals surface area contributed by atoms with Gasteiger partial charge in [0.25, 0.3) is 5.91 Å². The summed E-state index contributed by atoms with van der Waals surface area (Å²) in [5.41, 5.74) is 2.44. The number of halogens is 4. The monoisotopic (exact) mass is 635 g/mol. The minimum absolute atomic E-state index is 0. The molecule has 6 nitrogen and oxygen atoms in total. The Labute approximate surface area is 248 Å². The normalized spacial score (nSPS) is 17.4. The number of carbonyl (C=O) groups excluding carboxylic acids is 1. The Hall–Kier alpha value is -2.23. The summed E-state index contributed by atoms with van der Waals surface area (Å²) in [4.78, 5) is 24.5. The van der Waals surface area contributed by atoms with Crippen LogP contribution in [-0.2, 0) is 13.1 Å². The number of nitrogens with zero attached hydrogens (tertiary/aromatic N) is 4. The Morgan fingerprint density at radius 1 is 0.974 bits per heavy atom. The number of hydrogen-bond acceptors (Lipinski definition) is 5. The highest BCUT2D eigenvalue weighted by Gasteiger charge is 2.28. The van der Waals surface area contributed by atoms with Crippen LogP contribution in [0.25, 0.3) is 0 Å². The maximum atomic E-state index is 13.4. The number of piperazine rings is 1. The number of piperidine rings is 1. The number of rotatable bonds is 7. The third-order valence-electron chi connectivity index (χ3n) is 7.53. The van der Waals surface area contributed by atoms with Crippen molar-refractivity contribution in [1.29, 1.82) is 0 Å². The minimum atomic E-state index is -0.489. The highest BCUT2D eigenvalue weighted by Crippen LogP contribution is 2.27. The van der Waals surface area contributed by atoms with Crippen molar-refractivity contribution in [3.05, 3.63) is 91.8 Å². The van der Waals surface area contributed by atoms with Crippen LogP contribution in [-0.4, -0.2) is 66.0 Å². The van der Waals surface area contributed by atoms with Crippen molar-refractivity contribution in [3.8, 4) is 0 Å². The molecule has 0 radical (unpaired) electrons. The van der Waals surface area contributed by atoms with Crippen LogP contribution in [0.15, 0.2) is 59.2 Å². The molecule has 39 heavy (non-hydrogen) atoms. The molecule has 0 saturated carbocycles. The molecule has 2 aromatic carbocycles. The lowest BCUT2D eigenvalue weighted by atomic mass is 10.0. The molecule has 1 amide bonds. The van der Waals surface area contributed by atoms with Gasteiger partial charge in [-0.05, 0) is 67.4 Å². The molecule has 0 unspecified atom stereocenters. The summed E-state index contributed by atoms with van der Waals surface area (Å²) in [7, 11) is 0. The molecular weight excluding hydrogens is 604 g/mol. The number of carbonyl (C=O) groups is 1. The summed E-state index contributed by atoms with van der Waals surface area (Å²) >= 11 is 15.9. The number of anilines is 1. The third kappa shape index (κ3) is 7.30. The largest absolute Gasteiger partial charge is 0.353 e. The average Bonchev–Trinajstić information content (AvgIpc) is 2.95. The highest BCUT2D eigenvalue weighted by molar-refractivity contribution is 9.10.